The van der Waals surface area contributed by atoms with Gasteiger partial charge in [-0.05, 0) is 142 Å². The van der Waals surface area contributed by atoms with Gasteiger partial charge in [-0.2, -0.15) is 0 Å². The molecular formula is C55H38O. The van der Waals surface area contributed by atoms with Crippen molar-refractivity contribution in [1.29, 1.82) is 0 Å². The molecule has 0 aliphatic heterocycles. The first-order valence-electron chi connectivity index (χ1n) is 19.9. The molecule has 1 nitrogen and oxygen atoms in total. The molecule has 0 radical (unpaired) electrons. The molecule has 56 heavy (non-hydrogen) atoms. The minimum Gasteiger partial charge on any atom is -0.456 e. The van der Waals surface area contributed by atoms with Crippen LogP contribution in [0.25, 0.3) is 104 Å². The molecule has 1 heterocycles. The molecule has 0 amide bonds. The zero-order chi connectivity index (χ0) is 37.1. The van der Waals surface area contributed by atoms with Crippen molar-refractivity contribution in [1.82, 2.24) is 0 Å². The summed E-state index contributed by atoms with van der Waals surface area (Å²) in [5.74, 6) is 0. The number of rotatable bonds is 3. The van der Waals surface area contributed by atoms with Gasteiger partial charge in [0.1, 0.15) is 11.2 Å². The van der Waals surface area contributed by atoms with E-state index in [-0.39, 0.29) is 5.41 Å². The van der Waals surface area contributed by atoms with Crippen molar-refractivity contribution in [2.24, 2.45) is 0 Å². The molecule has 0 N–H and O–H groups in total. The van der Waals surface area contributed by atoms with E-state index < -0.39 is 0 Å². The smallest absolute Gasteiger partial charge is 0.136 e. The first-order valence-corrected chi connectivity index (χ1v) is 19.9. The van der Waals surface area contributed by atoms with Crippen LogP contribution < -0.4 is 0 Å². The molecule has 12 rings (SSSR count). The third-order valence-electron chi connectivity index (χ3n) is 12.9. The molecule has 0 bridgehead atoms. The molecule has 1 aromatic heterocycles. The summed E-state index contributed by atoms with van der Waals surface area (Å²) in [4.78, 5) is 0. The van der Waals surface area contributed by atoms with E-state index >= 15 is 0 Å². The summed E-state index contributed by atoms with van der Waals surface area (Å²) in [5.41, 5.74) is 15.0. The van der Waals surface area contributed by atoms with Gasteiger partial charge >= 0.3 is 0 Å². The van der Waals surface area contributed by atoms with Crippen molar-refractivity contribution < 1.29 is 4.42 Å². The topological polar surface area (TPSA) is 13.1 Å². The Hall–Kier alpha value is -6.70. The van der Waals surface area contributed by atoms with Crippen LogP contribution in [0.1, 0.15) is 43.4 Å². The molecule has 0 saturated carbocycles. The van der Waals surface area contributed by atoms with E-state index in [0.717, 1.165) is 24.0 Å². The number of hydrogen-bond donors (Lipinski definition) is 0. The second-order valence-corrected chi connectivity index (χ2v) is 16.2. The Morgan fingerprint density at radius 1 is 0.464 bits per heavy atom. The summed E-state index contributed by atoms with van der Waals surface area (Å²) in [6, 6.07) is 56.7. The average molecular weight is 715 g/mol. The Bertz CT molecular complexity index is 3330. The Morgan fingerprint density at radius 2 is 1.09 bits per heavy atom. The fourth-order valence-corrected chi connectivity index (χ4v) is 10.3. The van der Waals surface area contributed by atoms with Crippen LogP contribution in [0.5, 0.6) is 0 Å². The predicted molar refractivity (Wildman–Crippen MR) is 239 cm³/mol. The van der Waals surface area contributed by atoms with Crippen molar-refractivity contribution in [3.05, 3.63) is 187 Å². The van der Waals surface area contributed by atoms with E-state index in [1.807, 2.05) is 0 Å². The summed E-state index contributed by atoms with van der Waals surface area (Å²) in [6.45, 7) is 4.75. The van der Waals surface area contributed by atoms with Gasteiger partial charge in [-0.1, -0.05) is 153 Å². The van der Waals surface area contributed by atoms with Gasteiger partial charge in [0.05, 0.1) is 0 Å². The minimum absolute atomic E-state index is 0.116. The SMILES string of the molecule is CC1(C)c2ccc(-c3ccc(-c4c5ccccc5c(C5=CC=CCC5)c5ccccc45)c4ccccc34)cc2-c2cc3c(ccc4oc5ccccc5c43)cc21. The van der Waals surface area contributed by atoms with E-state index in [9.17, 15) is 0 Å². The first-order chi connectivity index (χ1) is 27.5. The highest BCUT2D eigenvalue weighted by atomic mass is 16.3. The van der Waals surface area contributed by atoms with E-state index in [1.54, 1.807) is 0 Å². The standard InChI is InChI=1S/C55H38O/c1-55(2)48-28-24-34(30-46(48)47-32-45-35(31-49(47)55)25-29-51-54(45)44-22-12-13-23-50(44)56-51)36-26-27-43(38-17-7-6-16-37(36)38)53-41-20-10-8-18-39(41)52(33-14-4-3-5-15-33)40-19-9-11-21-42(40)53/h3-4,6-14,16-32H,5,15H2,1-2H3. The van der Waals surface area contributed by atoms with Gasteiger partial charge in [-0.25, -0.2) is 0 Å². The lowest BCUT2D eigenvalue weighted by Crippen LogP contribution is -2.14. The maximum atomic E-state index is 6.33. The molecule has 0 spiro atoms. The molecule has 2 aliphatic rings. The van der Waals surface area contributed by atoms with Crippen molar-refractivity contribution >= 4 is 70.6 Å². The number of furan rings is 1. The summed E-state index contributed by atoms with van der Waals surface area (Å²) >= 11 is 0. The number of para-hydroxylation sites is 1. The lowest BCUT2D eigenvalue weighted by Gasteiger charge is -2.22. The summed E-state index contributed by atoms with van der Waals surface area (Å²) in [7, 11) is 0. The quantitative estimate of drug-likeness (QED) is 0.166. The Kier molecular flexibility index (Phi) is 6.58. The minimum atomic E-state index is -0.116. The maximum Gasteiger partial charge on any atom is 0.136 e. The Balaban J connectivity index is 1.07. The van der Waals surface area contributed by atoms with E-state index in [4.69, 9.17) is 4.42 Å². The van der Waals surface area contributed by atoms with Crippen LogP contribution in [0.3, 0.4) is 0 Å². The molecule has 0 saturated heterocycles. The number of fused-ring (bicyclic) bond motifs is 11. The third-order valence-corrected chi connectivity index (χ3v) is 12.9. The second kappa shape index (κ2) is 11.7. The van der Waals surface area contributed by atoms with Crippen LogP contribution in [-0.4, -0.2) is 0 Å². The molecule has 1 heteroatoms. The van der Waals surface area contributed by atoms with E-state index in [2.05, 4.69) is 184 Å². The summed E-state index contributed by atoms with van der Waals surface area (Å²) in [6.07, 6.45) is 8.96. The molecule has 10 aromatic rings. The number of hydrogen-bond acceptors (Lipinski definition) is 1. The van der Waals surface area contributed by atoms with Crippen molar-refractivity contribution in [2.75, 3.05) is 0 Å². The maximum absolute atomic E-state index is 6.33. The summed E-state index contributed by atoms with van der Waals surface area (Å²) in [5, 5.41) is 12.7. The summed E-state index contributed by atoms with van der Waals surface area (Å²) < 4.78 is 6.33. The van der Waals surface area contributed by atoms with Crippen molar-refractivity contribution in [3.8, 4) is 33.4 Å². The van der Waals surface area contributed by atoms with Gasteiger partial charge in [0.15, 0.2) is 0 Å². The van der Waals surface area contributed by atoms with Gasteiger partial charge in [-0.15, -0.1) is 0 Å². The molecule has 9 aromatic carbocycles. The third kappa shape index (κ3) is 4.37. The average Bonchev–Trinajstić information content (AvgIpc) is 3.73. The van der Waals surface area contributed by atoms with Crippen LogP contribution in [-0.2, 0) is 5.41 Å². The largest absolute Gasteiger partial charge is 0.456 e. The van der Waals surface area contributed by atoms with Crippen molar-refractivity contribution in [2.45, 2.75) is 32.1 Å². The Labute approximate surface area is 325 Å². The van der Waals surface area contributed by atoms with Crippen molar-refractivity contribution in [3.63, 3.8) is 0 Å². The highest BCUT2D eigenvalue weighted by molar-refractivity contribution is 6.23. The number of allylic oxidation sites excluding steroid dienone is 4. The fraction of sp³-hybridized carbons (Fsp3) is 0.0909. The second-order valence-electron chi connectivity index (χ2n) is 16.2. The van der Waals surface area contributed by atoms with Crippen LogP contribution >= 0.6 is 0 Å². The fourth-order valence-electron chi connectivity index (χ4n) is 10.3. The van der Waals surface area contributed by atoms with Gasteiger partial charge < -0.3 is 4.42 Å². The van der Waals surface area contributed by atoms with Crippen LogP contribution in [0.15, 0.2) is 174 Å². The Morgan fingerprint density at radius 3 is 1.80 bits per heavy atom. The lowest BCUT2D eigenvalue weighted by molar-refractivity contribution is 0.661. The van der Waals surface area contributed by atoms with Gasteiger partial charge in [0.25, 0.3) is 0 Å². The molecular weight excluding hydrogens is 677 g/mol. The molecule has 0 atom stereocenters. The van der Waals surface area contributed by atoms with Gasteiger partial charge in [0, 0.05) is 16.2 Å². The molecule has 264 valence electrons. The highest BCUT2D eigenvalue weighted by Crippen LogP contribution is 2.53. The van der Waals surface area contributed by atoms with Gasteiger partial charge in [-0.3, -0.25) is 0 Å². The lowest BCUT2D eigenvalue weighted by atomic mass is 9.81. The molecule has 0 fully saturated rings. The predicted octanol–water partition coefficient (Wildman–Crippen LogP) is 15.6. The normalized spacial score (nSPS) is 14.6. The van der Waals surface area contributed by atoms with E-state index in [0.29, 0.717) is 0 Å². The number of benzene rings is 9. The molecule has 0 unspecified atom stereocenters. The van der Waals surface area contributed by atoms with Crippen LogP contribution in [0, 0.1) is 0 Å². The first kappa shape index (κ1) is 31.6. The highest BCUT2D eigenvalue weighted by Gasteiger charge is 2.36. The zero-order valence-corrected chi connectivity index (χ0v) is 31.5. The van der Waals surface area contributed by atoms with Crippen LogP contribution in [0.2, 0.25) is 0 Å². The zero-order valence-electron chi connectivity index (χ0n) is 31.5. The van der Waals surface area contributed by atoms with E-state index in [1.165, 1.54) is 110 Å². The monoisotopic (exact) mass is 714 g/mol. The molecule has 2 aliphatic carbocycles. The van der Waals surface area contributed by atoms with Gasteiger partial charge in [0.2, 0.25) is 0 Å². The van der Waals surface area contributed by atoms with Crippen LogP contribution in [0.4, 0.5) is 0 Å².